The van der Waals surface area contributed by atoms with Gasteiger partial charge in [0.25, 0.3) is 5.91 Å². The van der Waals surface area contributed by atoms with Gasteiger partial charge in [-0.05, 0) is 27.9 Å². The number of nitrogens with zero attached hydrogens (tertiary/aromatic N) is 1. The number of aliphatic hydroxyl groups is 1. The summed E-state index contributed by atoms with van der Waals surface area (Å²) in [4.78, 5) is 15.8. The molecule has 4 nitrogen and oxygen atoms in total. The van der Waals surface area contributed by atoms with Crippen molar-refractivity contribution in [3.8, 4) is 0 Å². The van der Waals surface area contributed by atoms with Crippen LogP contribution in [0.5, 0.6) is 0 Å². The largest absolute Gasteiger partial charge is 0.391 e. The normalized spacial score (nSPS) is 12.5. The number of aromatic nitrogens is 1. The Morgan fingerprint density at radius 2 is 2.16 bits per heavy atom. The van der Waals surface area contributed by atoms with Gasteiger partial charge in [0.05, 0.1) is 11.7 Å². The maximum atomic E-state index is 12.0. The lowest BCUT2D eigenvalue weighted by Gasteiger charge is -2.20. The van der Waals surface area contributed by atoms with Gasteiger partial charge in [0.15, 0.2) is 0 Å². The monoisotopic (exact) mass is 348 g/mol. The summed E-state index contributed by atoms with van der Waals surface area (Å²) in [7, 11) is 0. The number of hydrogen-bond donors (Lipinski definition) is 2. The van der Waals surface area contributed by atoms with Crippen molar-refractivity contribution in [3.05, 3.63) is 27.5 Å². The van der Waals surface area contributed by atoms with E-state index in [2.05, 4.69) is 26.2 Å². The van der Waals surface area contributed by atoms with Gasteiger partial charge >= 0.3 is 0 Å². The summed E-state index contributed by atoms with van der Waals surface area (Å²) < 4.78 is 0.683. The van der Waals surface area contributed by atoms with E-state index < -0.39 is 6.10 Å². The van der Waals surface area contributed by atoms with Crippen LogP contribution in [0.4, 0.5) is 0 Å². The first kappa shape index (κ1) is 16.4. The molecule has 6 heteroatoms. The predicted molar refractivity (Wildman–Crippen MR) is 79.4 cm³/mol. The SMILES string of the molecule is CCC(CC)C(O)CNC(=O)c1cc(Br)cnc1Cl. The van der Waals surface area contributed by atoms with Crippen LogP contribution in [0.2, 0.25) is 5.15 Å². The molecule has 0 aliphatic heterocycles. The average molecular weight is 350 g/mol. The van der Waals surface area contributed by atoms with Crippen LogP contribution >= 0.6 is 27.5 Å². The highest BCUT2D eigenvalue weighted by Gasteiger charge is 2.18. The van der Waals surface area contributed by atoms with Crippen LogP contribution in [0, 0.1) is 5.92 Å². The molecule has 1 atom stereocenters. The van der Waals surface area contributed by atoms with Gasteiger partial charge in [-0.25, -0.2) is 4.98 Å². The van der Waals surface area contributed by atoms with E-state index in [-0.39, 0.29) is 23.5 Å². The van der Waals surface area contributed by atoms with Crippen molar-refractivity contribution in [2.45, 2.75) is 32.8 Å². The van der Waals surface area contributed by atoms with Gasteiger partial charge < -0.3 is 10.4 Å². The molecule has 19 heavy (non-hydrogen) atoms. The third-order valence-electron chi connectivity index (χ3n) is 3.11. The third kappa shape index (κ3) is 4.75. The van der Waals surface area contributed by atoms with Gasteiger partial charge in [0.2, 0.25) is 0 Å². The first-order valence-electron chi connectivity index (χ1n) is 6.26. The van der Waals surface area contributed by atoms with Crippen molar-refractivity contribution in [1.82, 2.24) is 10.3 Å². The molecule has 1 aromatic rings. The number of carbonyl (C=O) groups is 1. The maximum Gasteiger partial charge on any atom is 0.254 e. The summed E-state index contributed by atoms with van der Waals surface area (Å²) in [5, 5.41) is 12.8. The van der Waals surface area contributed by atoms with Crippen LogP contribution in [0.15, 0.2) is 16.7 Å². The Labute approximate surface area is 126 Å². The average Bonchev–Trinajstić information content (AvgIpc) is 2.40. The number of carbonyl (C=O) groups excluding carboxylic acids is 1. The lowest BCUT2D eigenvalue weighted by molar-refractivity contribution is 0.0816. The second-order valence-corrected chi connectivity index (χ2v) is 5.62. The molecular weight excluding hydrogens is 332 g/mol. The van der Waals surface area contributed by atoms with Gasteiger partial charge in [0.1, 0.15) is 5.15 Å². The minimum atomic E-state index is -0.544. The lowest BCUT2D eigenvalue weighted by Crippen LogP contribution is -2.36. The van der Waals surface area contributed by atoms with Crippen molar-refractivity contribution in [1.29, 1.82) is 0 Å². The fourth-order valence-electron chi connectivity index (χ4n) is 1.87. The molecule has 0 aliphatic rings. The van der Waals surface area contributed by atoms with Crippen molar-refractivity contribution in [2.75, 3.05) is 6.54 Å². The molecule has 0 aliphatic carbocycles. The second-order valence-electron chi connectivity index (χ2n) is 4.35. The summed E-state index contributed by atoms with van der Waals surface area (Å²) in [6.45, 7) is 4.26. The van der Waals surface area contributed by atoms with Crippen molar-refractivity contribution in [3.63, 3.8) is 0 Å². The minimum Gasteiger partial charge on any atom is -0.391 e. The fourth-order valence-corrected chi connectivity index (χ4v) is 2.39. The highest BCUT2D eigenvalue weighted by Crippen LogP contribution is 2.18. The van der Waals surface area contributed by atoms with E-state index >= 15 is 0 Å². The number of nitrogens with one attached hydrogen (secondary N) is 1. The van der Waals surface area contributed by atoms with Crippen molar-refractivity contribution in [2.24, 2.45) is 5.92 Å². The van der Waals surface area contributed by atoms with Crippen LogP contribution in [0.1, 0.15) is 37.0 Å². The predicted octanol–water partition coefficient (Wildman–Crippen LogP) is 3.02. The Bertz CT molecular complexity index is 439. The van der Waals surface area contributed by atoms with E-state index in [1.54, 1.807) is 6.07 Å². The van der Waals surface area contributed by atoms with Crippen LogP contribution in [-0.4, -0.2) is 28.6 Å². The van der Waals surface area contributed by atoms with Crippen molar-refractivity contribution < 1.29 is 9.90 Å². The van der Waals surface area contributed by atoms with Gasteiger partial charge in [-0.2, -0.15) is 0 Å². The number of rotatable bonds is 6. The Kier molecular flexibility index (Phi) is 6.75. The number of halogens is 2. The summed E-state index contributed by atoms with van der Waals surface area (Å²) in [6, 6.07) is 1.61. The smallest absolute Gasteiger partial charge is 0.254 e. The molecule has 1 rings (SSSR count). The summed E-state index contributed by atoms with van der Waals surface area (Å²) in [5.74, 6) is -0.139. The molecule has 1 aromatic heterocycles. The zero-order chi connectivity index (χ0) is 14.4. The summed E-state index contributed by atoms with van der Waals surface area (Å²) >= 11 is 9.11. The highest BCUT2D eigenvalue weighted by atomic mass is 79.9. The maximum absolute atomic E-state index is 12.0. The van der Waals surface area contributed by atoms with Gasteiger partial charge in [-0.1, -0.05) is 38.3 Å². The standard InChI is InChI=1S/C13H18BrClN2O2/c1-3-8(4-2)11(18)7-17-13(19)10-5-9(14)6-16-12(10)15/h5-6,8,11,18H,3-4,7H2,1-2H3,(H,17,19). The molecule has 1 amide bonds. The zero-order valence-corrected chi connectivity index (χ0v) is 13.3. The molecule has 0 bridgehead atoms. The topological polar surface area (TPSA) is 62.2 Å². The number of amides is 1. The molecule has 0 aromatic carbocycles. The van der Waals surface area contributed by atoms with E-state index in [1.165, 1.54) is 6.20 Å². The first-order chi connectivity index (χ1) is 8.99. The van der Waals surface area contributed by atoms with Crippen LogP contribution in [0.3, 0.4) is 0 Å². The fraction of sp³-hybridized carbons (Fsp3) is 0.538. The van der Waals surface area contributed by atoms with Gasteiger partial charge in [-0.3, -0.25) is 4.79 Å². The second kappa shape index (κ2) is 7.82. The Morgan fingerprint density at radius 3 is 2.74 bits per heavy atom. The van der Waals surface area contributed by atoms with E-state index in [0.29, 0.717) is 10.0 Å². The molecule has 0 spiro atoms. The van der Waals surface area contributed by atoms with Crippen molar-refractivity contribution >= 4 is 33.4 Å². The lowest BCUT2D eigenvalue weighted by atomic mass is 9.96. The summed E-state index contributed by atoms with van der Waals surface area (Å²) in [6.07, 6.45) is 2.75. The quantitative estimate of drug-likeness (QED) is 0.776. The molecule has 2 N–H and O–H groups in total. The van der Waals surface area contributed by atoms with E-state index in [4.69, 9.17) is 11.6 Å². The molecule has 0 saturated carbocycles. The molecule has 0 saturated heterocycles. The molecule has 0 fully saturated rings. The Hall–Kier alpha value is -0.650. The van der Waals surface area contributed by atoms with E-state index in [1.807, 2.05) is 13.8 Å². The molecule has 1 unspecified atom stereocenters. The van der Waals surface area contributed by atoms with E-state index in [0.717, 1.165) is 12.8 Å². The van der Waals surface area contributed by atoms with Crippen LogP contribution < -0.4 is 5.32 Å². The van der Waals surface area contributed by atoms with Gasteiger partial charge in [0, 0.05) is 17.2 Å². The third-order valence-corrected chi connectivity index (χ3v) is 3.85. The summed E-state index contributed by atoms with van der Waals surface area (Å²) in [5.41, 5.74) is 0.299. The minimum absolute atomic E-state index is 0.151. The van der Waals surface area contributed by atoms with Crippen LogP contribution in [0.25, 0.3) is 0 Å². The van der Waals surface area contributed by atoms with Crippen LogP contribution in [-0.2, 0) is 0 Å². The Balaban J connectivity index is 2.63. The number of aliphatic hydroxyl groups excluding tert-OH is 1. The molecule has 106 valence electrons. The molecule has 1 heterocycles. The highest BCUT2D eigenvalue weighted by molar-refractivity contribution is 9.10. The molecule has 0 radical (unpaired) electrons. The van der Waals surface area contributed by atoms with Gasteiger partial charge in [-0.15, -0.1) is 0 Å². The van der Waals surface area contributed by atoms with E-state index in [9.17, 15) is 9.90 Å². The zero-order valence-electron chi connectivity index (χ0n) is 11.0. The number of pyridine rings is 1. The molecular formula is C13H18BrClN2O2. The Morgan fingerprint density at radius 1 is 1.53 bits per heavy atom. The number of hydrogen-bond acceptors (Lipinski definition) is 3. The first-order valence-corrected chi connectivity index (χ1v) is 7.43.